The van der Waals surface area contributed by atoms with E-state index in [1.54, 1.807) is 6.26 Å². The van der Waals surface area contributed by atoms with Crippen LogP contribution >= 0.6 is 11.8 Å². The van der Waals surface area contributed by atoms with Gasteiger partial charge in [-0.1, -0.05) is 36.4 Å². The number of fused-ring (bicyclic) bond motifs is 1. The van der Waals surface area contributed by atoms with Gasteiger partial charge in [-0.05, 0) is 17.7 Å². The molecule has 92 valence electrons. The lowest BCUT2D eigenvalue weighted by Crippen LogP contribution is -1.99. The SMILES string of the molecule is CS/C(=C/[N+](=O)[O-])Nc1cccc2ccccc12. The maximum atomic E-state index is 10.5. The van der Waals surface area contributed by atoms with Crippen molar-refractivity contribution in [1.82, 2.24) is 0 Å². The van der Waals surface area contributed by atoms with Gasteiger partial charge >= 0.3 is 0 Å². The van der Waals surface area contributed by atoms with E-state index >= 15 is 0 Å². The van der Waals surface area contributed by atoms with Crippen LogP contribution in [0.4, 0.5) is 5.69 Å². The molecule has 0 radical (unpaired) electrons. The van der Waals surface area contributed by atoms with Crippen LogP contribution in [0.2, 0.25) is 0 Å². The molecule has 4 nitrogen and oxygen atoms in total. The van der Waals surface area contributed by atoms with Crippen molar-refractivity contribution in [3.63, 3.8) is 0 Å². The summed E-state index contributed by atoms with van der Waals surface area (Å²) in [5.41, 5.74) is 0.871. The molecule has 2 aromatic rings. The zero-order valence-electron chi connectivity index (χ0n) is 9.79. The van der Waals surface area contributed by atoms with Crippen molar-refractivity contribution in [1.29, 1.82) is 0 Å². The van der Waals surface area contributed by atoms with Crippen LogP contribution in [0.1, 0.15) is 0 Å². The number of thioether (sulfide) groups is 1. The van der Waals surface area contributed by atoms with Crippen molar-refractivity contribution < 1.29 is 4.92 Å². The Bertz CT molecular complexity index is 605. The van der Waals surface area contributed by atoms with E-state index in [1.807, 2.05) is 42.5 Å². The number of nitrogens with zero attached hydrogens (tertiary/aromatic N) is 1. The predicted molar refractivity (Wildman–Crippen MR) is 76.2 cm³/mol. The zero-order valence-corrected chi connectivity index (χ0v) is 10.6. The van der Waals surface area contributed by atoms with Crippen LogP contribution < -0.4 is 5.32 Å². The fraction of sp³-hybridized carbons (Fsp3) is 0.0769. The van der Waals surface area contributed by atoms with E-state index in [2.05, 4.69) is 5.32 Å². The topological polar surface area (TPSA) is 55.2 Å². The molecule has 0 amide bonds. The van der Waals surface area contributed by atoms with Gasteiger partial charge < -0.3 is 5.32 Å². The Morgan fingerprint density at radius 2 is 2.00 bits per heavy atom. The molecule has 2 aromatic carbocycles. The zero-order chi connectivity index (χ0) is 13.0. The number of hydrogen-bond donors (Lipinski definition) is 1. The first-order valence-corrected chi connectivity index (χ1v) is 6.57. The fourth-order valence-electron chi connectivity index (χ4n) is 1.70. The summed E-state index contributed by atoms with van der Waals surface area (Å²) in [6.07, 6.45) is 2.78. The van der Waals surface area contributed by atoms with Gasteiger partial charge in [-0.3, -0.25) is 10.1 Å². The number of nitro groups is 1. The summed E-state index contributed by atoms with van der Waals surface area (Å²) >= 11 is 1.31. The molecule has 0 bridgehead atoms. The molecule has 0 unspecified atom stereocenters. The van der Waals surface area contributed by atoms with Gasteiger partial charge in [0.1, 0.15) is 5.03 Å². The largest absolute Gasteiger partial charge is 0.345 e. The smallest absolute Gasteiger partial charge is 0.264 e. The lowest BCUT2D eigenvalue weighted by atomic mass is 10.1. The van der Waals surface area contributed by atoms with Gasteiger partial charge in [0.2, 0.25) is 0 Å². The molecule has 0 fully saturated rings. The highest BCUT2D eigenvalue weighted by molar-refractivity contribution is 8.02. The Kier molecular flexibility index (Phi) is 3.84. The van der Waals surface area contributed by atoms with Crippen LogP contribution in [0.25, 0.3) is 10.8 Å². The van der Waals surface area contributed by atoms with E-state index in [0.29, 0.717) is 5.03 Å². The maximum Gasteiger partial charge on any atom is 0.264 e. The minimum Gasteiger partial charge on any atom is -0.345 e. The van der Waals surface area contributed by atoms with Crippen molar-refractivity contribution >= 4 is 28.2 Å². The molecule has 2 rings (SSSR count). The van der Waals surface area contributed by atoms with E-state index in [0.717, 1.165) is 22.7 Å². The molecule has 0 aliphatic heterocycles. The highest BCUT2D eigenvalue weighted by Crippen LogP contribution is 2.26. The van der Waals surface area contributed by atoms with Gasteiger partial charge in [0.15, 0.2) is 0 Å². The third kappa shape index (κ3) is 2.81. The fourth-order valence-corrected chi connectivity index (χ4v) is 2.10. The predicted octanol–water partition coefficient (Wildman–Crippen LogP) is 3.69. The summed E-state index contributed by atoms with van der Waals surface area (Å²) < 4.78 is 0. The lowest BCUT2D eigenvalue weighted by molar-refractivity contribution is -0.402. The standard InChI is InChI=1S/C13H12N2O2S/c1-18-13(9-15(16)17)14-12-8-4-6-10-5-2-3-7-11(10)12/h2-9,14H,1H3/b13-9+. The molecular formula is C13H12N2O2S. The second-order valence-electron chi connectivity index (χ2n) is 3.63. The Labute approximate surface area is 109 Å². The first-order chi connectivity index (χ1) is 8.70. The summed E-state index contributed by atoms with van der Waals surface area (Å²) in [7, 11) is 0. The monoisotopic (exact) mass is 260 g/mol. The summed E-state index contributed by atoms with van der Waals surface area (Å²) in [4.78, 5) is 10.0. The van der Waals surface area contributed by atoms with Crippen LogP contribution in [0.5, 0.6) is 0 Å². The Morgan fingerprint density at radius 3 is 2.72 bits per heavy atom. The molecule has 0 aliphatic rings. The summed E-state index contributed by atoms with van der Waals surface area (Å²) in [5.74, 6) is 0. The van der Waals surface area contributed by atoms with Crippen molar-refractivity contribution in [2.75, 3.05) is 11.6 Å². The number of rotatable bonds is 4. The summed E-state index contributed by atoms with van der Waals surface area (Å²) in [6, 6.07) is 13.8. The van der Waals surface area contributed by atoms with E-state index in [-0.39, 0.29) is 0 Å². The second-order valence-corrected chi connectivity index (χ2v) is 4.48. The van der Waals surface area contributed by atoms with Crippen LogP contribution in [-0.2, 0) is 0 Å². The van der Waals surface area contributed by atoms with Crippen LogP contribution in [0.15, 0.2) is 53.7 Å². The van der Waals surface area contributed by atoms with Crippen LogP contribution in [0.3, 0.4) is 0 Å². The normalized spacial score (nSPS) is 11.5. The third-order valence-corrected chi connectivity index (χ3v) is 3.14. The maximum absolute atomic E-state index is 10.5. The van der Waals surface area contributed by atoms with Gasteiger partial charge in [-0.25, -0.2) is 0 Å². The quantitative estimate of drug-likeness (QED) is 0.673. The molecule has 0 saturated heterocycles. The molecule has 0 atom stereocenters. The highest BCUT2D eigenvalue weighted by atomic mass is 32.2. The van der Waals surface area contributed by atoms with Crippen molar-refractivity contribution in [3.8, 4) is 0 Å². The van der Waals surface area contributed by atoms with E-state index in [9.17, 15) is 10.1 Å². The molecular weight excluding hydrogens is 248 g/mol. The first kappa shape index (κ1) is 12.4. The highest BCUT2D eigenvalue weighted by Gasteiger charge is 2.05. The van der Waals surface area contributed by atoms with E-state index < -0.39 is 4.92 Å². The molecule has 0 heterocycles. The van der Waals surface area contributed by atoms with Crippen molar-refractivity contribution in [2.24, 2.45) is 0 Å². The first-order valence-electron chi connectivity index (χ1n) is 5.35. The second kappa shape index (κ2) is 5.55. The Hall–Kier alpha value is -2.01. The molecule has 0 saturated carbocycles. The van der Waals surface area contributed by atoms with Gasteiger partial charge in [0.05, 0.1) is 4.92 Å². The van der Waals surface area contributed by atoms with Gasteiger partial charge in [-0.2, -0.15) is 0 Å². The van der Waals surface area contributed by atoms with Crippen LogP contribution in [0, 0.1) is 10.1 Å². The minimum absolute atomic E-state index is 0.454. The van der Waals surface area contributed by atoms with Gasteiger partial charge in [0.25, 0.3) is 6.20 Å². The number of hydrogen-bond acceptors (Lipinski definition) is 4. The molecule has 1 N–H and O–H groups in total. The summed E-state index contributed by atoms with van der Waals surface area (Å²) in [5, 5.41) is 16.2. The van der Waals surface area contributed by atoms with E-state index in [4.69, 9.17) is 0 Å². The minimum atomic E-state index is -0.454. The Balaban J connectivity index is 2.40. The van der Waals surface area contributed by atoms with Crippen molar-refractivity contribution in [2.45, 2.75) is 0 Å². The number of anilines is 1. The van der Waals surface area contributed by atoms with Crippen molar-refractivity contribution in [3.05, 3.63) is 63.8 Å². The third-order valence-electron chi connectivity index (χ3n) is 2.49. The molecule has 18 heavy (non-hydrogen) atoms. The lowest BCUT2D eigenvalue weighted by Gasteiger charge is -2.09. The number of benzene rings is 2. The van der Waals surface area contributed by atoms with E-state index in [1.165, 1.54) is 11.8 Å². The summed E-state index contributed by atoms with van der Waals surface area (Å²) in [6.45, 7) is 0. The average Bonchev–Trinajstić information content (AvgIpc) is 2.38. The number of nitrogens with one attached hydrogen (secondary N) is 1. The average molecular weight is 260 g/mol. The van der Waals surface area contributed by atoms with Gasteiger partial charge in [0, 0.05) is 11.1 Å². The van der Waals surface area contributed by atoms with Gasteiger partial charge in [-0.15, -0.1) is 11.8 Å². The molecule has 0 aliphatic carbocycles. The molecule has 5 heteroatoms. The van der Waals surface area contributed by atoms with Crippen LogP contribution in [-0.4, -0.2) is 11.2 Å². The molecule has 0 aromatic heterocycles. The Morgan fingerprint density at radius 1 is 1.28 bits per heavy atom. The molecule has 0 spiro atoms.